The number of likely N-dealkylation sites (N-methyl/N-ethyl adjacent to an activating group) is 1. The SMILES string of the molecule is COc1ccccc1[C@@H](O)Cn1c(=O)n([C@@H]2CCN(C)C2=O)c(=O)c2c(C)c(-n3nccn3)sc21. The molecule has 0 spiro atoms. The molecule has 0 radical (unpaired) electrons. The Bertz CT molecular complexity index is 1540. The maximum atomic E-state index is 13.8. The fourth-order valence-corrected chi connectivity index (χ4v) is 5.78. The summed E-state index contributed by atoms with van der Waals surface area (Å²) in [6.07, 6.45) is 2.29. The van der Waals surface area contributed by atoms with E-state index in [0.29, 0.717) is 45.1 Å². The summed E-state index contributed by atoms with van der Waals surface area (Å²) >= 11 is 1.19. The van der Waals surface area contributed by atoms with E-state index in [0.717, 1.165) is 4.57 Å². The van der Waals surface area contributed by atoms with Crippen LogP contribution in [0.25, 0.3) is 15.2 Å². The van der Waals surface area contributed by atoms with Crippen LogP contribution in [0, 0.1) is 6.92 Å². The quantitative estimate of drug-likeness (QED) is 0.426. The van der Waals surface area contributed by atoms with E-state index in [2.05, 4.69) is 10.2 Å². The molecular formula is C23H24N6O5S. The number of ether oxygens (including phenoxy) is 1. The monoisotopic (exact) mass is 496 g/mol. The van der Waals surface area contributed by atoms with Gasteiger partial charge in [0, 0.05) is 24.7 Å². The minimum atomic E-state index is -1.10. The van der Waals surface area contributed by atoms with Crippen molar-refractivity contribution in [2.75, 3.05) is 20.7 Å². The first kappa shape index (κ1) is 23.0. The lowest BCUT2D eigenvalue weighted by Crippen LogP contribution is -2.44. The number of likely N-dealkylation sites (tertiary alicyclic amines) is 1. The van der Waals surface area contributed by atoms with Crippen molar-refractivity contribution in [1.82, 2.24) is 29.0 Å². The van der Waals surface area contributed by atoms with Gasteiger partial charge in [0.1, 0.15) is 27.7 Å². The second-order valence-electron chi connectivity index (χ2n) is 8.42. The Hall–Kier alpha value is -3.77. The van der Waals surface area contributed by atoms with E-state index in [4.69, 9.17) is 4.74 Å². The lowest BCUT2D eigenvalue weighted by Gasteiger charge is -2.19. The highest BCUT2D eigenvalue weighted by molar-refractivity contribution is 7.21. The van der Waals surface area contributed by atoms with Gasteiger partial charge in [-0.1, -0.05) is 29.5 Å². The highest BCUT2D eigenvalue weighted by Gasteiger charge is 2.35. The number of aliphatic hydroxyl groups excluding tert-OH is 1. The summed E-state index contributed by atoms with van der Waals surface area (Å²) in [5.41, 5.74) is -0.0776. The van der Waals surface area contributed by atoms with Crippen LogP contribution in [0.2, 0.25) is 0 Å². The van der Waals surface area contributed by atoms with Crippen molar-refractivity contribution in [1.29, 1.82) is 0 Å². The van der Waals surface area contributed by atoms with Crippen molar-refractivity contribution >= 4 is 27.5 Å². The zero-order valence-electron chi connectivity index (χ0n) is 19.4. The third kappa shape index (κ3) is 3.65. The summed E-state index contributed by atoms with van der Waals surface area (Å²) < 4.78 is 7.77. The molecule has 182 valence electrons. The van der Waals surface area contributed by atoms with Crippen LogP contribution in [-0.2, 0) is 11.3 Å². The summed E-state index contributed by atoms with van der Waals surface area (Å²) in [5, 5.41) is 20.3. The van der Waals surface area contributed by atoms with Gasteiger partial charge in [0.25, 0.3) is 5.56 Å². The number of aliphatic hydroxyl groups is 1. The third-order valence-corrected chi connectivity index (χ3v) is 7.66. The maximum Gasteiger partial charge on any atom is 0.332 e. The zero-order valence-corrected chi connectivity index (χ0v) is 20.2. The largest absolute Gasteiger partial charge is 0.496 e. The Kier molecular flexibility index (Phi) is 5.77. The van der Waals surface area contributed by atoms with Crippen molar-refractivity contribution < 1.29 is 14.6 Å². The Morgan fingerprint density at radius 1 is 1.20 bits per heavy atom. The fraction of sp³-hybridized carbons (Fsp3) is 0.348. The maximum absolute atomic E-state index is 13.8. The van der Waals surface area contributed by atoms with Gasteiger partial charge in [0.05, 0.1) is 31.4 Å². The predicted octanol–water partition coefficient (Wildman–Crippen LogP) is 1.26. The van der Waals surface area contributed by atoms with Crippen molar-refractivity contribution in [3.8, 4) is 10.8 Å². The van der Waals surface area contributed by atoms with Gasteiger partial charge in [-0.15, -0.1) is 4.80 Å². The first-order valence-corrected chi connectivity index (χ1v) is 11.9. The van der Waals surface area contributed by atoms with Crippen molar-refractivity contribution in [2.24, 2.45) is 0 Å². The van der Waals surface area contributed by atoms with E-state index in [9.17, 15) is 19.5 Å². The Labute approximate surface area is 203 Å². The van der Waals surface area contributed by atoms with Crippen LogP contribution >= 0.6 is 11.3 Å². The smallest absolute Gasteiger partial charge is 0.332 e. The molecule has 0 bridgehead atoms. The number of benzene rings is 1. The molecule has 1 saturated heterocycles. The van der Waals surface area contributed by atoms with Gasteiger partial charge in [-0.05, 0) is 19.4 Å². The molecular weight excluding hydrogens is 472 g/mol. The summed E-state index contributed by atoms with van der Waals surface area (Å²) in [5.74, 6) is 0.191. The van der Waals surface area contributed by atoms with Crippen molar-refractivity contribution in [3.05, 3.63) is 68.6 Å². The summed E-state index contributed by atoms with van der Waals surface area (Å²) in [7, 11) is 3.15. The number of methoxy groups -OCH3 is 1. The lowest BCUT2D eigenvalue weighted by molar-refractivity contribution is -0.129. The molecule has 2 atom stereocenters. The highest BCUT2D eigenvalue weighted by atomic mass is 32.1. The van der Waals surface area contributed by atoms with Gasteiger partial charge in [-0.25, -0.2) is 9.36 Å². The summed E-state index contributed by atoms with van der Waals surface area (Å²) in [6, 6.07) is 6.10. The molecule has 4 heterocycles. The molecule has 11 nitrogen and oxygen atoms in total. The van der Waals surface area contributed by atoms with Gasteiger partial charge < -0.3 is 14.7 Å². The van der Waals surface area contributed by atoms with Gasteiger partial charge >= 0.3 is 5.69 Å². The van der Waals surface area contributed by atoms with Gasteiger partial charge in [-0.2, -0.15) is 10.2 Å². The number of rotatable bonds is 6. The number of carbonyl (C=O) groups is 1. The molecule has 1 N–H and O–H groups in total. The van der Waals surface area contributed by atoms with Crippen molar-refractivity contribution in [3.63, 3.8) is 0 Å². The Morgan fingerprint density at radius 3 is 2.57 bits per heavy atom. The molecule has 3 aromatic heterocycles. The molecule has 1 aliphatic rings. The second-order valence-corrected chi connectivity index (χ2v) is 9.40. The number of aromatic nitrogens is 5. The van der Waals surface area contributed by atoms with Crippen LogP contribution in [0.4, 0.5) is 0 Å². The van der Waals surface area contributed by atoms with Crippen LogP contribution in [0.5, 0.6) is 5.75 Å². The molecule has 4 aromatic rings. The number of hydrogen-bond acceptors (Lipinski definition) is 8. The molecule has 1 aliphatic heterocycles. The Morgan fingerprint density at radius 2 is 1.91 bits per heavy atom. The molecule has 0 saturated carbocycles. The standard InChI is InChI=1S/C23H24N6O5S/c1-13-18-20(32)28(15-8-11-26(2)19(15)31)23(33)27(22(18)35-21(13)29-24-9-10-25-29)12-16(30)14-6-4-5-7-17(14)34-3/h4-7,9-10,15-16,30H,8,11-12H2,1-3H3/t15-,16+/m1/s1. The average molecular weight is 497 g/mol. The van der Waals surface area contributed by atoms with E-state index < -0.39 is 23.4 Å². The number of carbonyl (C=O) groups excluding carboxylic acids is 1. The minimum Gasteiger partial charge on any atom is -0.496 e. The first-order valence-electron chi connectivity index (χ1n) is 11.0. The van der Waals surface area contributed by atoms with E-state index >= 15 is 0 Å². The molecule has 0 unspecified atom stereocenters. The number of hydrogen-bond donors (Lipinski definition) is 1. The third-order valence-electron chi connectivity index (χ3n) is 6.38. The second kappa shape index (κ2) is 8.78. The van der Waals surface area contributed by atoms with Crippen LogP contribution in [0.1, 0.15) is 29.7 Å². The number of para-hydroxylation sites is 1. The summed E-state index contributed by atoms with van der Waals surface area (Å²) in [6.45, 7) is 2.07. The number of nitrogens with zero attached hydrogens (tertiary/aromatic N) is 6. The molecule has 0 aliphatic carbocycles. The molecule has 35 heavy (non-hydrogen) atoms. The van der Waals surface area contributed by atoms with Gasteiger partial charge in [-0.3, -0.25) is 14.2 Å². The van der Waals surface area contributed by atoms with E-state index in [1.807, 2.05) is 0 Å². The fourth-order valence-electron chi connectivity index (χ4n) is 4.56. The number of aryl methyl sites for hydroxylation is 1. The Balaban J connectivity index is 1.75. The topological polar surface area (TPSA) is 124 Å². The number of thiophene rings is 1. The number of fused-ring (bicyclic) bond motifs is 1. The van der Waals surface area contributed by atoms with Crippen LogP contribution in [-0.4, -0.2) is 60.7 Å². The van der Waals surface area contributed by atoms with E-state index in [1.165, 1.54) is 45.1 Å². The predicted molar refractivity (Wildman–Crippen MR) is 129 cm³/mol. The van der Waals surface area contributed by atoms with Crippen LogP contribution in [0.15, 0.2) is 46.2 Å². The van der Waals surface area contributed by atoms with E-state index in [1.54, 1.807) is 38.2 Å². The summed E-state index contributed by atoms with van der Waals surface area (Å²) in [4.78, 5) is 43.5. The van der Waals surface area contributed by atoms with Gasteiger partial charge in [0.2, 0.25) is 5.91 Å². The molecule has 1 amide bonds. The normalized spacial score (nSPS) is 16.9. The molecule has 1 aromatic carbocycles. The highest BCUT2D eigenvalue weighted by Crippen LogP contribution is 2.33. The minimum absolute atomic E-state index is 0.140. The molecule has 12 heteroatoms. The van der Waals surface area contributed by atoms with Gasteiger partial charge in [0.15, 0.2) is 0 Å². The van der Waals surface area contributed by atoms with Crippen LogP contribution in [0.3, 0.4) is 0 Å². The molecule has 5 rings (SSSR count). The molecule has 1 fully saturated rings. The van der Waals surface area contributed by atoms with Crippen LogP contribution < -0.4 is 16.0 Å². The van der Waals surface area contributed by atoms with E-state index in [-0.39, 0.29) is 12.5 Å². The number of amides is 1. The first-order chi connectivity index (χ1) is 16.8. The lowest BCUT2D eigenvalue weighted by atomic mass is 10.1. The average Bonchev–Trinajstić information content (AvgIpc) is 3.58. The zero-order chi connectivity index (χ0) is 24.9. The van der Waals surface area contributed by atoms with Crippen molar-refractivity contribution in [2.45, 2.75) is 32.0 Å².